The second-order valence-corrected chi connectivity index (χ2v) is 3.55. The van der Waals surface area contributed by atoms with E-state index in [1.807, 2.05) is 0 Å². The molecular weight excluding hydrogens is 108 g/mol. The molecule has 0 aromatic heterocycles. The molecule has 0 amide bonds. The molecule has 0 aliphatic heterocycles. The van der Waals surface area contributed by atoms with E-state index in [9.17, 15) is 0 Å². The molecule has 0 aromatic carbocycles. The van der Waals surface area contributed by atoms with E-state index >= 15 is 0 Å². The van der Waals surface area contributed by atoms with Gasteiger partial charge in [0.05, 0.1) is 0 Å². The van der Waals surface area contributed by atoms with Gasteiger partial charge in [-0.25, -0.2) is 0 Å². The van der Waals surface area contributed by atoms with Crippen LogP contribution < -0.4 is 0 Å². The van der Waals surface area contributed by atoms with Gasteiger partial charge in [0.15, 0.2) is 0 Å². The third kappa shape index (κ3) is 2.38. The first-order valence-corrected chi connectivity index (χ1v) is 4.10. The normalized spacial score (nSPS) is 38.0. The summed E-state index contributed by atoms with van der Waals surface area (Å²) in [6, 6.07) is 0. The van der Waals surface area contributed by atoms with Crippen LogP contribution in [0.5, 0.6) is 0 Å². The molecule has 1 radical (unpaired) electrons. The molecule has 0 bridgehead atoms. The molecule has 1 saturated carbocycles. The van der Waals surface area contributed by atoms with E-state index in [2.05, 4.69) is 20.3 Å². The van der Waals surface area contributed by atoms with Gasteiger partial charge in [-0.2, -0.15) is 0 Å². The van der Waals surface area contributed by atoms with E-state index < -0.39 is 0 Å². The first-order chi connectivity index (χ1) is 4.29. The molecule has 1 fully saturated rings. The lowest BCUT2D eigenvalue weighted by Crippen LogP contribution is -1.97. The highest BCUT2D eigenvalue weighted by molar-refractivity contribution is 4.75. The summed E-state index contributed by atoms with van der Waals surface area (Å²) in [7, 11) is 0. The van der Waals surface area contributed by atoms with Gasteiger partial charge in [-0.3, -0.25) is 0 Å². The molecule has 0 aromatic rings. The fourth-order valence-corrected chi connectivity index (χ4v) is 1.71. The maximum atomic E-state index is 2.45. The Bertz CT molecular complexity index is 66.1. The van der Waals surface area contributed by atoms with Crippen molar-refractivity contribution in [1.29, 1.82) is 0 Å². The minimum absolute atomic E-state index is 0.947. The topological polar surface area (TPSA) is 0 Å². The van der Waals surface area contributed by atoms with Gasteiger partial charge >= 0.3 is 0 Å². The third-order valence-electron chi connectivity index (χ3n) is 2.24. The van der Waals surface area contributed by atoms with Gasteiger partial charge in [0.25, 0.3) is 0 Å². The van der Waals surface area contributed by atoms with Gasteiger partial charge < -0.3 is 0 Å². The Morgan fingerprint density at radius 3 is 2.78 bits per heavy atom. The molecule has 0 spiro atoms. The van der Waals surface area contributed by atoms with E-state index in [0.717, 1.165) is 11.8 Å². The number of rotatable bonds is 0. The minimum atomic E-state index is 0.947. The van der Waals surface area contributed by atoms with E-state index in [-0.39, 0.29) is 0 Å². The summed E-state index contributed by atoms with van der Waals surface area (Å²) in [5.74, 6) is 1.92. The SMILES string of the molecule is CC1C[CH]CCC(C)C1. The Morgan fingerprint density at radius 1 is 1.22 bits per heavy atom. The summed E-state index contributed by atoms with van der Waals surface area (Å²) in [5, 5.41) is 0. The van der Waals surface area contributed by atoms with Crippen molar-refractivity contribution in [3.05, 3.63) is 6.42 Å². The van der Waals surface area contributed by atoms with Crippen molar-refractivity contribution in [1.82, 2.24) is 0 Å². The summed E-state index contributed by atoms with van der Waals surface area (Å²) in [6.45, 7) is 4.73. The Labute approximate surface area is 58.7 Å². The summed E-state index contributed by atoms with van der Waals surface area (Å²) >= 11 is 0. The smallest absolute Gasteiger partial charge is 0.0383 e. The van der Waals surface area contributed by atoms with Crippen molar-refractivity contribution in [3.63, 3.8) is 0 Å². The molecule has 2 atom stereocenters. The second kappa shape index (κ2) is 3.24. The average molecular weight is 125 g/mol. The molecule has 0 heteroatoms. The van der Waals surface area contributed by atoms with E-state index in [0.29, 0.717) is 0 Å². The quantitative estimate of drug-likeness (QED) is 0.436. The molecule has 0 N–H and O–H groups in total. The van der Waals surface area contributed by atoms with Crippen LogP contribution in [0.1, 0.15) is 39.5 Å². The van der Waals surface area contributed by atoms with Crippen LogP contribution >= 0.6 is 0 Å². The van der Waals surface area contributed by atoms with Crippen molar-refractivity contribution in [3.8, 4) is 0 Å². The lowest BCUT2D eigenvalue weighted by Gasteiger charge is -2.09. The molecule has 1 aliphatic rings. The van der Waals surface area contributed by atoms with E-state index in [1.165, 1.54) is 25.7 Å². The highest BCUT2D eigenvalue weighted by Gasteiger charge is 2.12. The Hall–Kier alpha value is 0. The van der Waals surface area contributed by atoms with Crippen LogP contribution in [0.3, 0.4) is 0 Å². The summed E-state index contributed by atoms with van der Waals surface area (Å²) in [4.78, 5) is 0. The Morgan fingerprint density at radius 2 is 2.00 bits per heavy atom. The van der Waals surface area contributed by atoms with Crippen LogP contribution in [0.25, 0.3) is 0 Å². The number of hydrogen-bond donors (Lipinski definition) is 0. The van der Waals surface area contributed by atoms with Crippen molar-refractivity contribution in [2.75, 3.05) is 0 Å². The predicted octanol–water partition coefficient (Wildman–Crippen LogP) is 3.04. The molecule has 0 nitrogen and oxygen atoms in total. The van der Waals surface area contributed by atoms with Gasteiger partial charge in [0, 0.05) is 0 Å². The summed E-state index contributed by atoms with van der Waals surface area (Å²) < 4.78 is 0. The van der Waals surface area contributed by atoms with Crippen LogP contribution in [0.15, 0.2) is 0 Å². The van der Waals surface area contributed by atoms with Crippen molar-refractivity contribution >= 4 is 0 Å². The van der Waals surface area contributed by atoms with Crippen LogP contribution in [-0.4, -0.2) is 0 Å². The van der Waals surface area contributed by atoms with Gasteiger partial charge in [-0.05, 0) is 37.5 Å². The van der Waals surface area contributed by atoms with Crippen LogP contribution in [0.4, 0.5) is 0 Å². The van der Waals surface area contributed by atoms with Crippen LogP contribution in [0.2, 0.25) is 0 Å². The van der Waals surface area contributed by atoms with Gasteiger partial charge in [-0.1, -0.05) is 20.3 Å². The predicted molar refractivity (Wildman–Crippen MR) is 41.1 cm³/mol. The third-order valence-corrected chi connectivity index (χ3v) is 2.24. The molecule has 9 heavy (non-hydrogen) atoms. The largest absolute Gasteiger partial charge is 0.0625 e. The minimum Gasteiger partial charge on any atom is -0.0625 e. The molecule has 2 unspecified atom stereocenters. The first-order valence-electron chi connectivity index (χ1n) is 4.10. The van der Waals surface area contributed by atoms with Crippen molar-refractivity contribution in [2.24, 2.45) is 11.8 Å². The zero-order valence-electron chi connectivity index (χ0n) is 6.56. The zero-order valence-corrected chi connectivity index (χ0v) is 6.56. The molecule has 1 aliphatic carbocycles. The molecule has 53 valence electrons. The molecular formula is C9H17. The summed E-state index contributed by atoms with van der Waals surface area (Å²) in [5.41, 5.74) is 0. The van der Waals surface area contributed by atoms with Crippen LogP contribution in [0, 0.1) is 18.3 Å². The first kappa shape index (κ1) is 7.11. The van der Waals surface area contributed by atoms with Crippen molar-refractivity contribution in [2.45, 2.75) is 39.5 Å². The highest BCUT2D eigenvalue weighted by atomic mass is 14.2. The summed E-state index contributed by atoms with van der Waals surface area (Å²) in [6.07, 6.45) is 8.02. The fraction of sp³-hybridized carbons (Fsp3) is 0.889. The zero-order chi connectivity index (χ0) is 6.69. The standard InChI is InChI=1S/C9H17/c1-8-5-3-4-6-9(2)7-8/h3,8-9H,4-7H2,1-2H3. The van der Waals surface area contributed by atoms with Gasteiger partial charge in [-0.15, -0.1) is 0 Å². The Kier molecular flexibility index (Phi) is 2.56. The number of hydrogen-bond acceptors (Lipinski definition) is 0. The highest BCUT2D eigenvalue weighted by Crippen LogP contribution is 2.25. The van der Waals surface area contributed by atoms with E-state index in [1.54, 1.807) is 0 Å². The molecule has 1 rings (SSSR count). The average Bonchev–Trinajstić information content (AvgIpc) is 1.93. The fourth-order valence-electron chi connectivity index (χ4n) is 1.71. The lowest BCUT2D eigenvalue weighted by atomic mass is 9.97. The maximum absolute atomic E-state index is 2.45. The second-order valence-electron chi connectivity index (χ2n) is 3.55. The monoisotopic (exact) mass is 125 g/mol. The van der Waals surface area contributed by atoms with Gasteiger partial charge in [0.2, 0.25) is 0 Å². The van der Waals surface area contributed by atoms with Crippen molar-refractivity contribution < 1.29 is 0 Å². The van der Waals surface area contributed by atoms with Gasteiger partial charge in [0.1, 0.15) is 0 Å². The van der Waals surface area contributed by atoms with Crippen LogP contribution in [-0.2, 0) is 0 Å². The molecule has 0 heterocycles. The maximum Gasteiger partial charge on any atom is -0.0383 e. The Balaban J connectivity index is 2.29. The molecule has 0 saturated heterocycles. The van der Waals surface area contributed by atoms with E-state index in [4.69, 9.17) is 0 Å². The lowest BCUT2D eigenvalue weighted by molar-refractivity contribution is 0.426.